The third-order valence-electron chi connectivity index (χ3n) is 7.38. The first-order chi connectivity index (χ1) is 16.5. The number of aliphatic hydroxyl groups excluding tert-OH is 2. The molecule has 5 rings (SSSR count). The van der Waals surface area contributed by atoms with Crippen LogP contribution in [-0.4, -0.2) is 19.3 Å². The summed E-state index contributed by atoms with van der Waals surface area (Å²) in [5.74, 6) is 0.390. The van der Waals surface area contributed by atoms with Gasteiger partial charge in [0.1, 0.15) is 11.5 Å². The summed E-state index contributed by atoms with van der Waals surface area (Å²) in [5.41, 5.74) is 7.51. The molecule has 0 unspecified atom stereocenters. The van der Waals surface area contributed by atoms with E-state index in [9.17, 15) is 10.2 Å². The quantitative estimate of drug-likeness (QED) is 0.283. The van der Waals surface area contributed by atoms with E-state index in [-0.39, 0.29) is 11.5 Å². The van der Waals surface area contributed by atoms with Crippen molar-refractivity contribution in [2.45, 2.75) is 66.5 Å². The first kappa shape index (κ1) is 22.4. The molecular weight excluding hydrogens is 420 g/mol. The van der Waals surface area contributed by atoms with Crippen molar-refractivity contribution in [1.82, 2.24) is 9.13 Å². The Kier molecular flexibility index (Phi) is 5.76. The van der Waals surface area contributed by atoms with E-state index in [0.717, 1.165) is 83.1 Å². The summed E-state index contributed by atoms with van der Waals surface area (Å²) in [7, 11) is 0. The molecule has 0 spiro atoms. The highest BCUT2D eigenvalue weighted by Gasteiger charge is 2.37. The fraction of sp³-hybridized carbons (Fsp3) is 0.333. The van der Waals surface area contributed by atoms with Crippen molar-refractivity contribution in [2.24, 2.45) is 0 Å². The highest BCUT2D eigenvalue weighted by Crippen LogP contribution is 2.50. The first-order valence-electron chi connectivity index (χ1n) is 12.5. The third-order valence-corrected chi connectivity index (χ3v) is 7.38. The van der Waals surface area contributed by atoms with Crippen LogP contribution in [0.25, 0.3) is 33.0 Å². The zero-order valence-corrected chi connectivity index (χ0v) is 20.7. The standard InChI is InChI=1S/C30H34N2O2/c1-5-7-17-31-19(3)25(21-13-9-11-15-23(21)31)27-29(33)28(30(27)34)26-20(4)32(18-8-6-2)24-16-12-10-14-22(24)26/h9-16,33-34H,5-8,17-18H2,1-4H3. The molecule has 4 nitrogen and oxygen atoms in total. The van der Waals surface area contributed by atoms with E-state index in [1.165, 1.54) is 0 Å². The van der Waals surface area contributed by atoms with Crippen LogP contribution in [-0.2, 0) is 13.1 Å². The Morgan fingerprint density at radius 1 is 0.618 bits per heavy atom. The van der Waals surface area contributed by atoms with Crippen molar-refractivity contribution in [3.8, 4) is 0 Å². The number of rotatable bonds is 8. The van der Waals surface area contributed by atoms with Gasteiger partial charge in [0, 0.05) is 57.4 Å². The molecule has 0 bridgehead atoms. The average Bonchev–Trinajstić information content (AvgIpc) is 3.27. The summed E-state index contributed by atoms with van der Waals surface area (Å²) < 4.78 is 4.64. The number of aliphatic hydroxyl groups is 2. The zero-order chi connectivity index (χ0) is 24.0. The fourth-order valence-electron chi connectivity index (χ4n) is 5.59. The largest absolute Gasteiger partial charge is 0.506 e. The molecule has 2 heterocycles. The molecule has 2 N–H and O–H groups in total. The summed E-state index contributed by atoms with van der Waals surface area (Å²) in [6.07, 6.45) is 4.42. The lowest BCUT2D eigenvalue weighted by Crippen LogP contribution is -2.13. The second kappa shape index (κ2) is 8.75. The van der Waals surface area contributed by atoms with Gasteiger partial charge in [-0.1, -0.05) is 63.1 Å². The van der Waals surface area contributed by atoms with Gasteiger partial charge >= 0.3 is 0 Å². The number of nitrogens with zero attached hydrogens (tertiary/aromatic N) is 2. The van der Waals surface area contributed by atoms with Gasteiger partial charge in [-0.15, -0.1) is 0 Å². The van der Waals surface area contributed by atoms with E-state index in [0.29, 0.717) is 11.1 Å². The number of aryl methyl sites for hydroxylation is 2. The van der Waals surface area contributed by atoms with Crippen LogP contribution in [0.4, 0.5) is 0 Å². The molecule has 176 valence electrons. The van der Waals surface area contributed by atoms with E-state index < -0.39 is 0 Å². The smallest absolute Gasteiger partial charge is 0.138 e. The highest BCUT2D eigenvalue weighted by atomic mass is 16.3. The topological polar surface area (TPSA) is 50.3 Å². The van der Waals surface area contributed by atoms with Crippen molar-refractivity contribution < 1.29 is 10.2 Å². The normalized spacial score (nSPS) is 14.0. The maximum Gasteiger partial charge on any atom is 0.138 e. The van der Waals surface area contributed by atoms with Crippen LogP contribution in [0.1, 0.15) is 62.0 Å². The first-order valence-corrected chi connectivity index (χ1v) is 12.5. The van der Waals surface area contributed by atoms with Gasteiger partial charge in [0.25, 0.3) is 0 Å². The van der Waals surface area contributed by atoms with Crippen molar-refractivity contribution in [2.75, 3.05) is 0 Å². The van der Waals surface area contributed by atoms with Gasteiger partial charge in [-0.2, -0.15) is 0 Å². The summed E-state index contributed by atoms with van der Waals surface area (Å²) in [4.78, 5) is 0. The number of hydrogen-bond acceptors (Lipinski definition) is 2. The zero-order valence-electron chi connectivity index (χ0n) is 20.7. The van der Waals surface area contributed by atoms with E-state index >= 15 is 0 Å². The molecule has 0 aliphatic heterocycles. The summed E-state index contributed by atoms with van der Waals surface area (Å²) in [5, 5.41) is 25.0. The molecule has 0 saturated heterocycles. The maximum absolute atomic E-state index is 11.4. The van der Waals surface area contributed by atoms with Gasteiger partial charge < -0.3 is 19.3 Å². The number of fused-ring (bicyclic) bond motifs is 2. The fourth-order valence-corrected chi connectivity index (χ4v) is 5.59. The Hall–Kier alpha value is -3.40. The monoisotopic (exact) mass is 454 g/mol. The lowest BCUT2D eigenvalue weighted by atomic mass is 9.82. The molecule has 2 aromatic heterocycles. The van der Waals surface area contributed by atoms with E-state index in [1.807, 2.05) is 12.1 Å². The van der Waals surface area contributed by atoms with Crippen molar-refractivity contribution >= 4 is 33.0 Å². The molecule has 1 aliphatic carbocycles. The van der Waals surface area contributed by atoms with Crippen molar-refractivity contribution in [3.05, 3.63) is 82.6 Å². The number of allylic oxidation sites excluding steroid dienone is 2. The summed E-state index contributed by atoms with van der Waals surface area (Å²) >= 11 is 0. The predicted molar refractivity (Wildman–Crippen MR) is 142 cm³/mol. The number of benzene rings is 2. The Balaban J connectivity index is 1.66. The van der Waals surface area contributed by atoms with Crippen LogP contribution >= 0.6 is 0 Å². The van der Waals surface area contributed by atoms with Crippen molar-refractivity contribution in [1.29, 1.82) is 0 Å². The number of unbranched alkanes of at least 4 members (excludes halogenated alkanes) is 2. The van der Waals surface area contributed by atoms with Gasteiger partial charge in [0.05, 0.1) is 11.1 Å². The van der Waals surface area contributed by atoms with Gasteiger partial charge in [-0.3, -0.25) is 0 Å². The average molecular weight is 455 g/mol. The summed E-state index contributed by atoms with van der Waals surface area (Å²) in [6, 6.07) is 16.6. The highest BCUT2D eigenvalue weighted by molar-refractivity contribution is 6.15. The molecule has 4 heteroatoms. The minimum atomic E-state index is 0.195. The molecule has 2 aromatic carbocycles. The van der Waals surface area contributed by atoms with Crippen LogP contribution in [0.2, 0.25) is 0 Å². The van der Waals surface area contributed by atoms with Gasteiger partial charge in [-0.25, -0.2) is 0 Å². The Bertz CT molecular complexity index is 1340. The predicted octanol–water partition coefficient (Wildman–Crippen LogP) is 8.07. The summed E-state index contributed by atoms with van der Waals surface area (Å²) in [6.45, 7) is 10.4. The molecular formula is C30H34N2O2. The molecule has 1 aliphatic rings. The van der Waals surface area contributed by atoms with Crippen LogP contribution < -0.4 is 0 Å². The van der Waals surface area contributed by atoms with Gasteiger partial charge in [-0.05, 0) is 38.8 Å². The van der Waals surface area contributed by atoms with E-state index in [4.69, 9.17) is 0 Å². The van der Waals surface area contributed by atoms with Gasteiger partial charge in [0.2, 0.25) is 0 Å². The van der Waals surface area contributed by atoms with Gasteiger partial charge in [0.15, 0.2) is 0 Å². The second-order valence-electron chi connectivity index (χ2n) is 9.41. The number of hydrogen-bond donors (Lipinski definition) is 2. The van der Waals surface area contributed by atoms with E-state index in [1.54, 1.807) is 0 Å². The Labute approximate surface area is 201 Å². The maximum atomic E-state index is 11.4. The minimum Gasteiger partial charge on any atom is -0.506 e. The van der Waals surface area contributed by atoms with Crippen LogP contribution in [0.5, 0.6) is 0 Å². The number of para-hydroxylation sites is 2. The molecule has 0 fully saturated rings. The molecule has 0 saturated carbocycles. The van der Waals surface area contributed by atoms with Crippen LogP contribution in [0, 0.1) is 13.8 Å². The van der Waals surface area contributed by atoms with Crippen LogP contribution in [0.3, 0.4) is 0 Å². The molecule has 34 heavy (non-hydrogen) atoms. The minimum absolute atomic E-state index is 0.195. The number of aromatic nitrogens is 2. The lowest BCUT2D eigenvalue weighted by Gasteiger charge is -2.25. The Morgan fingerprint density at radius 2 is 1.00 bits per heavy atom. The SMILES string of the molecule is CCCCn1c(C)c(C2=C(O)C(c3c(C)n(CCCC)c4ccccc34)=C2O)c2ccccc21. The van der Waals surface area contributed by atoms with Crippen LogP contribution in [0.15, 0.2) is 60.0 Å². The molecule has 0 atom stereocenters. The second-order valence-corrected chi connectivity index (χ2v) is 9.41. The third kappa shape index (κ3) is 3.19. The van der Waals surface area contributed by atoms with E-state index in [2.05, 4.69) is 73.2 Å². The lowest BCUT2D eigenvalue weighted by molar-refractivity contribution is 0.390. The van der Waals surface area contributed by atoms with Crippen molar-refractivity contribution in [3.63, 3.8) is 0 Å². The Morgan fingerprint density at radius 3 is 1.38 bits per heavy atom. The molecule has 0 amide bonds. The molecule has 0 radical (unpaired) electrons. The molecule has 4 aromatic rings.